The maximum atomic E-state index is 14.0. The zero-order chi connectivity index (χ0) is 33.7. The summed E-state index contributed by atoms with van der Waals surface area (Å²) in [5, 5.41) is 21.3. The number of halogens is 5. The molecule has 46 heavy (non-hydrogen) atoms. The molecule has 1 heterocycles. The number of nitrogens with one attached hydrogen (secondary N) is 1. The summed E-state index contributed by atoms with van der Waals surface area (Å²) in [4.78, 5) is 14.9. The predicted molar refractivity (Wildman–Crippen MR) is 159 cm³/mol. The van der Waals surface area contributed by atoms with Crippen molar-refractivity contribution < 1.29 is 45.0 Å². The van der Waals surface area contributed by atoms with E-state index in [9.17, 15) is 40.3 Å². The summed E-state index contributed by atoms with van der Waals surface area (Å²) in [5.41, 5.74) is 1.05. The second kappa shape index (κ2) is 14.1. The molecule has 0 saturated carbocycles. The number of carbonyl (C=O) groups excluding carboxylic acids is 1. The predicted octanol–water partition coefficient (Wildman–Crippen LogP) is 5.85. The molecule has 246 valence electrons. The number of anilines is 1. The Bertz CT molecular complexity index is 1640. The molecule has 2 N–H and O–H groups in total. The third kappa shape index (κ3) is 8.39. The van der Waals surface area contributed by atoms with E-state index in [0.29, 0.717) is 16.8 Å². The number of amides is 1. The number of hydrogen-bond donors (Lipinski definition) is 2. The van der Waals surface area contributed by atoms with Crippen LogP contribution in [0.1, 0.15) is 58.8 Å². The van der Waals surface area contributed by atoms with Gasteiger partial charge in [-0.1, -0.05) is 31.2 Å². The average molecular weight is 666 g/mol. The topological polar surface area (TPSA) is 120 Å². The molecule has 3 aromatic carbocycles. The summed E-state index contributed by atoms with van der Waals surface area (Å²) >= 11 is 0. The molecular formula is C32H32F5N3O5S. The van der Waals surface area contributed by atoms with Crippen molar-refractivity contribution in [3.63, 3.8) is 0 Å². The fourth-order valence-electron chi connectivity index (χ4n) is 5.29. The van der Waals surface area contributed by atoms with Crippen LogP contribution in [0.4, 0.5) is 27.6 Å². The lowest BCUT2D eigenvalue weighted by Gasteiger charge is -2.28. The standard InChI is InChI=1S/C32H32F5N3O5S/c1-2-46(43,44)28-13-7-22(8-14-28)29(19-41)39-30(42)23-5-11-26(12-6-23)40-18-24(17-27(40)20-45-31(33,34)15-16-38)21-3-9-25(10-4-21)32(35,36)37/h3-14,24,27,29,41H,2,15,17-20H2,1H3,(H,39,42)/t24?,27-,29-/m0/s1. The number of benzene rings is 3. The quantitative estimate of drug-likeness (QED) is 0.233. The summed E-state index contributed by atoms with van der Waals surface area (Å²) in [6.45, 7) is 0.882. The van der Waals surface area contributed by atoms with Crippen molar-refractivity contribution in [3.05, 3.63) is 95.1 Å². The van der Waals surface area contributed by atoms with Gasteiger partial charge in [-0.3, -0.25) is 4.79 Å². The van der Waals surface area contributed by atoms with Gasteiger partial charge in [-0.2, -0.15) is 27.2 Å². The Morgan fingerprint density at radius 1 is 1.04 bits per heavy atom. The molecule has 1 aliphatic heterocycles. The Morgan fingerprint density at radius 2 is 1.67 bits per heavy atom. The van der Waals surface area contributed by atoms with Gasteiger partial charge < -0.3 is 20.1 Å². The normalized spacial score (nSPS) is 17.8. The minimum atomic E-state index is -4.50. The number of rotatable bonds is 12. The smallest absolute Gasteiger partial charge is 0.394 e. The molecule has 14 heteroatoms. The first-order valence-electron chi connectivity index (χ1n) is 14.3. The summed E-state index contributed by atoms with van der Waals surface area (Å²) in [6, 6.07) is 16.6. The molecule has 1 fully saturated rings. The number of aliphatic hydroxyl groups excluding tert-OH is 1. The van der Waals surface area contributed by atoms with Gasteiger partial charge in [-0.25, -0.2) is 8.42 Å². The molecular weight excluding hydrogens is 633 g/mol. The average Bonchev–Trinajstić information content (AvgIpc) is 3.47. The molecule has 1 amide bonds. The number of carbonyl (C=O) groups is 1. The van der Waals surface area contributed by atoms with Crippen LogP contribution < -0.4 is 10.2 Å². The van der Waals surface area contributed by atoms with E-state index < -0.39 is 65.3 Å². The van der Waals surface area contributed by atoms with E-state index in [0.717, 1.165) is 12.1 Å². The van der Waals surface area contributed by atoms with E-state index in [1.165, 1.54) is 61.5 Å². The molecule has 0 spiro atoms. The maximum Gasteiger partial charge on any atom is 0.416 e. The van der Waals surface area contributed by atoms with Crippen LogP contribution in [0.5, 0.6) is 0 Å². The highest BCUT2D eigenvalue weighted by molar-refractivity contribution is 7.91. The fraction of sp³-hybridized carbons (Fsp3) is 0.375. The molecule has 0 bridgehead atoms. The van der Waals surface area contributed by atoms with Crippen molar-refractivity contribution in [2.24, 2.45) is 0 Å². The molecule has 1 aliphatic rings. The Kier molecular flexibility index (Phi) is 10.7. The van der Waals surface area contributed by atoms with Gasteiger partial charge in [0, 0.05) is 23.7 Å². The van der Waals surface area contributed by atoms with E-state index >= 15 is 0 Å². The van der Waals surface area contributed by atoms with E-state index in [4.69, 9.17) is 10.00 Å². The largest absolute Gasteiger partial charge is 0.416 e. The molecule has 1 saturated heterocycles. The van der Waals surface area contributed by atoms with Gasteiger partial charge >= 0.3 is 12.3 Å². The molecule has 0 radical (unpaired) electrons. The molecule has 8 nitrogen and oxygen atoms in total. The van der Waals surface area contributed by atoms with Gasteiger partial charge in [0.15, 0.2) is 9.84 Å². The Labute approximate surface area is 263 Å². The van der Waals surface area contributed by atoms with Gasteiger partial charge in [-0.15, -0.1) is 0 Å². The lowest BCUT2D eigenvalue weighted by Crippen LogP contribution is -2.36. The molecule has 0 aromatic heterocycles. The number of aliphatic hydroxyl groups is 1. The fourth-order valence-corrected chi connectivity index (χ4v) is 6.18. The molecule has 0 aliphatic carbocycles. The van der Waals surface area contributed by atoms with Gasteiger partial charge in [0.2, 0.25) is 0 Å². The monoisotopic (exact) mass is 665 g/mol. The highest BCUT2D eigenvalue weighted by atomic mass is 32.2. The van der Waals surface area contributed by atoms with Crippen LogP contribution in [0.2, 0.25) is 0 Å². The molecule has 4 rings (SSSR count). The van der Waals surface area contributed by atoms with E-state index in [1.807, 2.05) is 0 Å². The van der Waals surface area contributed by atoms with Crippen molar-refractivity contribution in [2.75, 3.05) is 30.4 Å². The van der Waals surface area contributed by atoms with Crippen molar-refractivity contribution in [1.29, 1.82) is 5.26 Å². The van der Waals surface area contributed by atoms with Crippen molar-refractivity contribution in [3.8, 4) is 6.07 Å². The van der Waals surface area contributed by atoms with Crippen LogP contribution in [-0.4, -0.2) is 57.1 Å². The highest BCUT2D eigenvalue weighted by Gasteiger charge is 2.38. The molecule has 3 aromatic rings. The number of alkyl halides is 5. The summed E-state index contributed by atoms with van der Waals surface area (Å²) in [7, 11) is -3.42. The SMILES string of the molecule is CCS(=O)(=O)c1ccc([C@H](CO)NC(=O)c2ccc(N3CC(c4ccc(C(F)(F)F)cc4)C[C@H]3COC(F)(F)CC#N)cc2)cc1. The lowest BCUT2D eigenvalue weighted by molar-refractivity contribution is -0.235. The van der Waals surface area contributed by atoms with Gasteiger partial charge in [0.25, 0.3) is 5.91 Å². The van der Waals surface area contributed by atoms with Crippen molar-refractivity contribution >= 4 is 21.4 Å². The first-order valence-corrected chi connectivity index (χ1v) is 16.0. The first-order chi connectivity index (χ1) is 21.7. The molecule has 3 atom stereocenters. The highest BCUT2D eigenvalue weighted by Crippen LogP contribution is 2.38. The summed E-state index contributed by atoms with van der Waals surface area (Å²) in [6.07, 6.45) is -9.03. The second-order valence-electron chi connectivity index (χ2n) is 10.9. The molecule has 1 unspecified atom stereocenters. The lowest BCUT2D eigenvalue weighted by atomic mass is 9.95. The van der Waals surface area contributed by atoms with E-state index in [2.05, 4.69) is 5.32 Å². The van der Waals surface area contributed by atoms with Gasteiger partial charge in [0.05, 0.1) is 47.6 Å². The Morgan fingerprint density at radius 3 is 2.22 bits per heavy atom. The van der Waals surface area contributed by atoms with Gasteiger partial charge in [-0.05, 0) is 66.1 Å². The van der Waals surface area contributed by atoms with Crippen LogP contribution in [0.15, 0.2) is 77.7 Å². The van der Waals surface area contributed by atoms with Crippen LogP contribution in [0, 0.1) is 11.3 Å². The Balaban J connectivity index is 1.50. The third-order valence-electron chi connectivity index (χ3n) is 7.87. The number of hydrogen-bond acceptors (Lipinski definition) is 7. The Hall–Kier alpha value is -4.06. The number of ether oxygens (including phenoxy) is 1. The minimum Gasteiger partial charge on any atom is -0.394 e. The van der Waals surface area contributed by atoms with Crippen LogP contribution >= 0.6 is 0 Å². The number of sulfone groups is 1. The van der Waals surface area contributed by atoms with Crippen LogP contribution in [-0.2, 0) is 20.8 Å². The van der Waals surface area contributed by atoms with E-state index in [-0.39, 0.29) is 35.1 Å². The summed E-state index contributed by atoms with van der Waals surface area (Å²) in [5.74, 6) is -0.916. The maximum absolute atomic E-state index is 14.0. The number of nitriles is 1. The summed E-state index contributed by atoms with van der Waals surface area (Å²) < 4.78 is 96.2. The van der Waals surface area contributed by atoms with Crippen molar-refractivity contribution in [1.82, 2.24) is 5.32 Å². The zero-order valence-electron chi connectivity index (χ0n) is 24.7. The second-order valence-corrected chi connectivity index (χ2v) is 13.1. The van der Waals surface area contributed by atoms with Crippen molar-refractivity contribution in [2.45, 2.75) is 54.9 Å². The first kappa shape index (κ1) is 34.8. The third-order valence-corrected chi connectivity index (χ3v) is 9.62. The minimum absolute atomic E-state index is 0.0723. The zero-order valence-corrected chi connectivity index (χ0v) is 25.5. The number of nitrogens with zero attached hydrogens (tertiary/aromatic N) is 2. The van der Waals surface area contributed by atoms with E-state index in [1.54, 1.807) is 17.0 Å². The van der Waals surface area contributed by atoms with Crippen LogP contribution in [0.25, 0.3) is 0 Å². The van der Waals surface area contributed by atoms with Crippen LogP contribution in [0.3, 0.4) is 0 Å². The van der Waals surface area contributed by atoms with Gasteiger partial charge in [0.1, 0.15) is 6.42 Å².